The summed E-state index contributed by atoms with van der Waals surface area (Å²) in [4.78, 5) is 34.6. The maximum Gasteiger partial charge on any atom is 0.322 e. The number of hydrogen-bond acceptors (Lipinski definition) is 7. The van der Waals surface area contributed by atoms with Crippen LogP contribution in [0.5, 0.6) is 11.5 Å². The maximum absolute atomic E-state index is 11.6. The van der Waals surface area contributed by atoms with Gasteiger partial charge in [-0.25, -0.2) is 0 Å². The van der Waals surface area contributed by atoms with Crippen molar-refractivity contribution in [2.75, 3.05) is 7.11 Å². The van der Waals surface area contributed by atoms with Gasteiger partial charge in [0, 0.05) is 0 Å². The molecule has 0 bridgehead atoms. The van der Waals surface area contributed by atoms with Gasteiger partial charge in [0.15, 0.2) is 0 Å². The average molecular weight is 433 g/mol. The van der Waals surface area contributed by atoms with Crippen molar-refractivity contribution in [1.82, 2.24) is 5.32 Å². The highest BCUT2D eigenvalue weighted by atomic mass is 35.5. The van der Waals surface area contributed by atoms with Gasteiger partial charge in [0.2, 0.25) is 0 Å². The predicted molar refractivity (Wildman–Crippen MR) is 111 cm³/mol. The molecule has 3 N–H and O–H groups in total. The lowest BCUT2D eigenvalue weighted by molar-refractivity contribution is -0.142. The van der Waals surface area contributed by atoms with Crippen LogP contribution in [0.2, 0.25) is 5.02 Å². The molecular formula is C20H17ClN2O5S. The molecule has 7 nitrogen and oxygen atoms in total. The summed E-state index contributed by atoms with van der Waals surface area (Å²) in [7, 11) is 1.30. The van der Waals surface area contributed by atoms with Gasteiger partial charge in [-0.05, 0) is 59.7 Å². The maximum atomic E-state index is 11.6. The van der Waals surface area contributed by atoms with Crippen LogP contribution in [0.15, 0.2) is 47.4 Å². The minimum Gasteiger partial charge on any atom is -0.468 e. The van der Waals surface area contributed by atoms with Gasteiger partial charge >= 0.3 is 5.97 Å². The average Bonchev–Trinajstić information content (AvgIpc) is 3.01. The molecule has 1 fully saturated rings. The summed E-state index contributed by atoms with van der Waals surface area (Å²) in [5, 5.41) is 2.15. The van der Waals surface area contributed by atoms with Crippen LogP contribution in [-0.4, -0.2) is 30.3 Å². The number of carbonyl (C=O) groups is 3. The Labute approximate surface area is 176 Å². The molecule has 0 aromatic heterocycles. The number of esters is 1. The van der Waals surface area contributed by atoms with Gasteiger partial charge in [-0.15, -0.1) is 0 Å². The van der Waals surface area contributed by atoms with Crippen molar-refractivity contribution in [3.8, 4) is 11.5 Å². The van der Waals surface area contributed by atoms with E-state index in [1.54, 1.807) is 48.5 Å². The molecule has 2 amide bonds. The van der Waals surface area contributed by atoms with Crippen molar-refractivity contribution >= 4 is 46.6 Å². The minimum absolute atomic E-state index is 0.306. The van der Waals surface area contributed by atoms with Crippen LogP contribution in [0.25, 0.3) is 6.08 Å². The van der Waals surface area contributed by atoms with Crippen molar-refractivity contribution in [2.24, 2.45) is 5.73 Å². The summed E-state index contributed by atoms with van der Waals surface area (Å²) in [6.45, 7) is 0. The van der Waals surface area contributed by atoms with Crippen LogP contribution in [0.3, 0.4) is 0 Å². The molecule has 1 atom stereocenters. The number of rotatable bonds is 6. The first-order valence-corrected chi connectivity index (χ1v) is 9.70. The highest BCUT2D eigenvalue weighted by Crippen LogP contribution is 2.32. The monoisotopic (exact) mass is 432 g/mol. The van der Waals surface area contributed by atoms with Crippen molar-refractivity contribution in [3.05, 3.63) is 63.5 Å². The first-order valence-electron chi connectivity index (χ1n) is 8.50. The highest BCUT2D eigenvalue weighted by molar-refractivity contribution is 8.18. The second kappa shape index (κ2) is 9.13. The number of carbonyl (C=O) groups excluding carboxylic acids is 3. The fraction of sp³-hybridized carbons (Fsp3) is 0.150. The Hall–Kier alpha value is -2.81. The van der Waals surface area contributed by atoms with Gasteiger partial charge < -0.3 is 15.2 Å². The number of halogens is 1. The molecular weight excluding hydrogens is 416 g/mol. The number of imide groups is 1. The minimum atomic E-state index is -0.724. The highest BCUT2D eigenvalue weighted by Gasteiger charge is 2.25. The quantitative estimate of drug-likeness (QED) is 0.531. The first-order chi connectivity index (χ1) is 13.9. The van der Waals surface area contributed by atoms with E-state index in [9.17, 15) is 14.4 Å². The zero-order valence-corrected chi connectivity index (χ0v) is 16.9. The number of nitrogens with two attached hydrogens (primary N) is 1. The molecule has 1 aliphatic heterocycles. The van der Waals surface area contributed by atoms with Crippen LogP contribution in [-0.2, 0) is 20.7 Å². The first kappa shape index (κ1) is 20.9. The molecule has 9 heteroatoms. The third-order valence-corrected chi connectivity index (χ3v) is 5.11. The van der Waals surface area contributed by atoms with Gasteiger partial charge in [-0.3, -0.25) is 19.7 Å². The molecule has 0 aliphatic carbocycles. The number of ether oxygens (including phenoxy) is 2. The van der Waals surface area contributed by atoms with E-state index >= 15 is 0 Å². The van der Waals surface area contributed by atoms with E-state index in [0.717, 1.165) is 17.3 Å². The summed E-state index contributed by atoms with van der Waals surface area (Å²) in [5.41, 5.74) is 7.29. The van der Waals surface area contributed by atoms with Crippen molar-refractivity contribution in [1.29, 1.82) is 0 Å². The van der Waals surface area contributed by atoms with Gasteiger partial charge in [-0.2, -0.15) is 0 Å². The molecule has 0 spiro atoms. The molecule has 0 radical (unpaired) electrons. The van der Waals surface area contributed by atoms with Crippen LogP contribution >= 0.6 is 23.4 Å². The molecule has 0 unspecified atom stereocenters. The van der Waals surface area contributed by atoms with E-state index in [1.165, 1.54) is 7.11 Å². The molecule has 0 saturated carbocycles. The lowest BCUT2D eigenvalue weighted by Crippen LogP contribution is -2.33. The van der Waals surface area contributed by atoms with E-state index in [1.807, 2.05) is 0 Å². The Morgan fingerprint density at radius 2 is 1.97 bits per heavy atom. The van der Waals surface area contributed by atoms with Crippen LogP contribution in [0, 0.1) is 0 Å². The summed E-state index contributed by atoms with van der Waals surface area (Å²) in [6, 6.07) is 11.4. The van der Waals surface area contributed by atoms with Crippen LogP contribution in [0.4, 0.5) is 4.79 Å². The van der Waals surface area contributed by atoms with Gasteiger partial charge in [-0.1, -0.05) is 29.8 Å². The Kier molecular flexibility index (Phi) is 6.58. The molecule has 1 heterocycles. The number of thioether (sulfide) groups is 1. The normalized spacial score (nSPS) is 15.9. The van der Waals surface area contributed by atoms with Crippen molar-refractivity contribution in [2.45, 2.75) is 12.5 Å². The zero-order chi connectivity index (χ0) is 21.0. The molecule has 3 rings (SSSR count). The summed E-state index contributed by atoms with van der Waals surface area (Å²) < 4.78 is 10.4. The zero-order valence-electron chi connectivity index (χ0n) is 15.3. The summed E-state index contributed by atoms with van der Waals surface area (Å²) >= 11 is 7.12. The third kappa shape index (κ3) is 5.38. The standard InChI is InChI=1S/C20H17ClN2O5S/c1-27-19(25)15(22)9-11-2-5-13(6-3-11)28-16-7-4-12(8-14(16)21)10-17-18(24)23-20(26)29-17/h2-8,10,15H,9,22H2,1H3,(H,23,24,26)/t15-/m0/s1. The molecule has 29 heavy (non-hydrogen) atoms. The number of hydrogen-bond donors (Lipinski definition) is 2. The summed E-state index contributed by atoms with van der Waals surface area (Å²) in [6.07, 6.45) is 1.94. The lowest BCUT2D eigenvalue weighted by atomic mass is 10.1. The second-order valence-corrected chi connectivity index (χ2v) is 7.54. The topological polar surface area (TPSA) is 108 Å². The lowest BCUT2D eigenvalue weighted by Gasteiger charge is -2.11. The number of benzene rings is 2. The second-order valence-electron chi connectivity index (χ2n) is 6.12. The fourth-order valence-electron chi connectivity index (χ4n) is 2.57. The number of amides is 2. The molecule has 1 aliphatic rings. The van der Waals surface area contributed by atoms with Gasteiger partial charge in [0.1, 0.15) is 17.5 Å². The van der Waals surface area contributed by atoms with Crippen molar-refractivity contribution < 1.29 is 23.9 Å². The third-order valence-electron chi connectivity index (χ3n) is 4.01. The largest absolute Gasteiger partial charge is 0.468 e. The van der Waals surface area contributed by atoms with E-state index in [-0.39, 0.29) is 0 Å². The van der Waals surface area contributed by atoms with Crippen LogP contribution in [0.1, 0.15) is 11.1 Å². The van der Waals surface area contributed by atoms with Crippen molar-refractivity contribution in [3.63, 3.8) is 0 Å². The molecule has 2 aromatic carbocycles. The molecule has 150 valence electrons. The molecule has 2 aromatic rings. The van der Waals surface area contributed by atoms with Gasteiger partial charge in [0.25, 0.3) is 11.1 Å². The SMILES string of the molecule is COC(=O)[C@@H](N)Cc1ccc(Oc2ccc(C=C3SC(=O)NC3=O)cc2Cl)cc1. The fourth-order valence-corrected chi connectivity index (χ4v) is 3.48. The van der Waals surface area contributed by atoms with Gasteiger partial charge in [0.05, 0.1) is 17.0 Å². The van der Waals surface area contributed by atoms with E-state index in [0.29, 0.717) is 33.4 Å². The number of nitrogens with one attached hydrogen (secondary N) is 1. The predicted octanol–water partition coefficient (Wildman–Crippen LogP) is 3.50. The molecule has 1 saturated heterocycles. The Bertz CT molecular complexity index is 991. The van der Waals surface area contributed by atoms with E-state index in [2.05, 4.69) is 10.1 Å². The van der Waals surface area contributed by atoms with Crippen LogP contribution < -0.4 is 15.8 Å². The Morgan fingerprint density at radius 3 is 2.55 bits per heavy atom. The van der Waals surface area contributed by atoms with E-state index in [4.69, 9.17) is 22.1 Å². The summed E-state index contributed by atoms with van der Waals surface area (Å²) in [5.74, 6) is 0.102. The smallest absolute Gasteiger partial charge is 0.322 e. The Balaban J connectivity index is 1.67. The van der Waals surface area contributed by atoms with E-state index < -0.39 is 23.2 Å². The number of methoxy groups -OCH3 is 1. The Morgan fingerprint density at radius 1 is 1.24 bits per heavy atom.